The smallest absolute Gasteiger partial charge is 0.303 e. The number of fused-ring (bicyclic) bond motifs is 3. The van der Waals surface area contributed by atoms with Crippen LogP contribution in [0.3, 0.4) is 0 Å². The summed E-state index contributed by atoms with van der Waals surface area (Å²) in [5.74, 6) is -0.458. The third-order valence-electron chi connectivity index (χ3n) is 5.48. The number of carbonyl (C=O) groups is 1. The first-order valence-corrected chi connectivity index (χ1v) is 9.31. The summed E-state index contributed by atoms with van der Waals surface area (Å²) in [4.78, 5) is 36.6. The van der Waals surface area contributed by atoms with Crippen molar-refractivity contribution in [1.29, 1.82) is 0 Å². The van der Waals surface area contributed by atoms with Crippen molar-refractivity contribution in [3.8, 4) is 0 Å². The lowest BCUT2D eigenvalue weighted by Crippen LogP contribution is -2.56. The third kappa shape index (κ3) is 2.67. The van der Waals surface area contributed by atoms with Crippen molar-refractivity contribution in [2.75, 3.05) is 0 Å². The van der Waals surface area contributed by atoms with Gasteiger partial charge in [-0.2, -0.15) is 0 Å². The molecular formula is C19H21ClN2O4. The Morgan fingerprint density at radius 3 is 2.19 bits per heavy atom. The first-order valence-electron chi connectivity index (χ1n) is 8.93. The summed E-state index contributed by atoms with van der Waals surface area (Å²) >= 11 is 6.55. The number of carbonyl (C=O) groups excluding carboxylic acids is 1. The van der Waals surface area contributed by atoms with Gasteiger partial charge in [-0.15, -0.1) is 11.6 Å². The van der Waals surface area contributed by atoms with E-state index in [-0.39, 0.29) is 24.2 Å². The number of rotatable bonds is 1. The van der Waals surface area contributed by atoms with Crippen LogP contribution in [0.25, 0.3) is 10.8 Å². The highest BCUT2D eigenvalue weighted by Crippen LogP contribution is 2.29. The van der Waals surface area contributed by atoms with Crippen LogP contribution in [-0.2, 0) is 35.5 Å². The van der Waals surface area contributed by atoms with Gasteiger partial charge in [0.1, 0.15) is 11.0 Å². The van der Waals surface area contributed by atoms with E-state index in [1.165, 1.54) is 16.3 Å². The minimum absolute atomic E-state index is 0.0701. The molecule has 2 atom stereocenters. The Hall–Kier alpha value is -2.08. The molecule has 0 N–H and O–H groups in total. The number of hydrogen-bond acceptors (Lipinski definition) is 4. The predicted molar refractivity (Wildman–Crippen MR) is 98.9 cm³/mol. The molecule has 0 spiro atoms. The van der Waals surface area contributed by atoms with Gasteiger partial charge in [0.15, 0.2) is 0 Å². The lowest BCUT2D eigenvalue weighted by atomic mass is 9.90. The summed E-state index contributed by atoms with van der Waals surface area (Å²) < 4.78 is 8.08. The van der Waals surface area contributed by atoms with Gasteiger partial charge in [0.25, 0.3) is 11.1 Å². The number of aryl methyl sites for hydroxylation is 2. The molecule has 2 aromatic rings. The van der Waals surface area contributed by atoms with Gasteiger partial charge in [-0.25, -0.2) is 9.36 Å². The molecule has 1 aliphatic carbocycles. The van der Waals surface area contributed by atoms with Crippen molar-refractivity contribution < 1.29 is 9.53 Å². The molecule has 2 heterocycles. The third-order valence-corrected chi connectivity index (χ3v) is 5.84. The molecule has 6 nitrogen and oxygen atoms in total. The van der Waals surface area contributed by atoms with Crippen molar-refractivity contribution >= 4 is 28.3 Å². The zero-order chi connectivity index (χ0) is 18.6. The lowest BCUT2D eigenvalue weighted by Gasteiger charge is -2.38. The zero-order valence-electron chi connectivity index (χ0n) is 14.9. The number of esters is 1. The zero-order valence-corrected chi connectivity index (χ0v) is 15.6. The van der Waals surface area contributed by atoms with E-state index in [1.807, 2.05) is 12.1 Å². The van der Waals surface area contributed by atoms with Crippen LogP contribution in [0.1, 0.15) is 37.8 Å². The molecule has 0 saturated carbocycles. The van der Waals surface area contributed by atoms with Crippen molar-refractivity contribution in [3.05, 3.63) is 44.0 Å². The average molecular weight is 377 g/mol. The summed E-state index contributed by atoms with van der Waals surface area (Å²) in [6, 6.07) is 3.75. The fraction of sp³-hybridized carbons (Fsp3) is 0.526. The Morgan fingerprint density at radius 2 is 1.65 bits per heavy atom. The van der Waals surface area contributed by atoms with Crippen molar-refractivity contribution in [2.24, 2.45) is 0 Å². The van der Waals surface area contributed by atoms with Crippen LogP contribution in [0.15, 0.2) is 21.7 Å². The Morgan fingerprint density at radius 1 is 1.12 bits per heavy atom. The molecule has 0 amide bonds. The molecule has 1 aromatic heterocycles. The molecule has 1 aromatic carbocycles. The maximum atomic E-state index is 13.1. The maximum Gasteiger partial charge on any atom is 0.303 e. The highest BCUT2D eigenvalue weighted by atomic mass is 35.5. The van der Waals surface area contributed by atoms with E-state index in [4.69, 9.17) is 16.3 Å². The van der Waals surface area contributed by atoms with Gasteiger partial charge < -0.3 is 4.74 Å². The Bertz CT molecular complexity index is 1030. The van der Waals surface area contributed by atoms with E-state index in [1.54, 1.807) is 6.92 Å². The topological polar surface area (TPSA) is 70.3 Å². The molecule has 0 radical (unpaired) electrons. The van der Waals surface area contributed by atoms with E-state index in [0.29, 0.717) is 10.8 Å². The van der Waals surface area contributed by atoms with Crippen LogP contribution in [0.4, 0.5) is 0 Å². The molecule has 7 heteroatoms. The van der Waals surface area contributed by atoms with E-state index in [9.17, 15) is 14.4 Å². The lowest BCUT2D eigenvalue weighted by molar-refractivity contribution is -0.150. The second-order valence-electron chi connectivity index (χ2n) is 7.50. The summed E-state index contributed by atoms with van der Waals surface area (Å²) in [7, 11) is 0. The fourth-order valence-electron chi connectivity index (χ4n) is 4.08. The largest absolute Gasteiger partial charge is 0.459 e. The van der Waals surface area contributed by atoms with Crippen LogP contribution in [0.5, 0.6) is 0 Å². The van der Waals surface area contributed by atoms with Crippen molar-refractivity contribution in [1.82, 2.24) is 9.36 Å². The average Bonchev–Trinajstić information content (AvgIpc) is 2.59. The van der Waals surface area contributed by atoms with E-state index in [0.717, 1.165) is 36.8 Å². The molecule has 0 bridgehead atoms. The highest BCUT2D eigenvalue weighted by molar-refractivity contribution is 6.24. The maximum absolute atomic E-state index is 13.1. The molecule has 138 valence electrons. The Kier molecular flexibility index (Phi) is 3.99. The first-order chi connectivity index (χ1) is 12.3. The standard InChI is InChI=1S/C19H21ClN2O4/c1-11(23)26-16-9-21-17(24)14-7-12-5-3-4-6-13(12)8-15(14)18(25)22(21)10-19(16,2)20/h7-8,16H,3-6,9-10H2,1-2H3/t16-,19-/m0/s1. The predicted octanol–water partition coefficient (Wildman–Crippen LogP) is 1.98. The summed E-state index contributed by atoms with van der Waals surface area (Å²) in [6.07, 6.45) is 3.41. The van der Waals surface area contributed by atoms with Crippen molar-refractivity contribution in [3.63, 3.8) is 0 Å². The monoisotopic (exact) mass is 376 g/mol. The number of alkyl halides is 1. The van der Waals surface area contributed by atoms with E-state index >= 15 is 0 Å². The molecule has 2 aliphatic rings. The summed E-state index contributed by atoms with van der Waals surface area (Å²) in [6.45, 7) is 3.21. The summed E-state index contributed by atoms with van der Waals surface area (Å²) in [5, 5.41) is 0.886. The summed E-state index contributed by atoms with van der Waals surface area (Å²) in [5.41, 5.74) is 1.85. The highest BCUT2D eigenvalue weighted by Gasteiger charge is 2.41. The van der Waals surface area contributed by atoms with Gasteiger partial charge in [0.05, 0.1) is 23.9 Å². The number of halogens is 1. The fourth-order valence-corrected chi connectivity index (χ4v) is 4.30. The molecule has 0 unspecified atom stereocenters. The van der Waals surface area contributed by atoms with Gasteiger partial charge in [0, 0.05) is 6.92 Å². The van der Waals surface area contributed by atoms with Crippen LogP contribution in [0.2, 0.25) is 0 Å². The van der Waals surface area contributed by atoms with Crippen LogP contribution in [-0.4, -0.2) is 26.3 Å². The van der Waals surface area contributed by atoms with E-state index in [2.05, 4.69) is 0 Å². The number of nitrogens with zero attached hydrogens (tertiary/aromatic N) is 2. The second-order valence-corrected chi connectivity index (χ2v) is 8.36. The minimum atomic E-state index is -0.955. The number of hydrogen-bond donors (Lipinski definition) is 0. The second kappa shape index (κ2) is 5.98. The molecule has 1 aliphatic heterocycles. The normalized spacial score (nSPS) is 24.8. The quantitative estimate of drug-likeness (QED) is 0.563. The molecule has 0 saturated heterocycles. The number of ether oxygens (including phenoxy) is 1. The number of aromatic nitrogens is 2. The SMILES string of the molecule is CC(=O)O[C@H]1Cn2c(=O)c3cc4c(cc3c(=O)n2C[C@]1(C)Cl)CCCC4. The van der Waals surface area contributed by atoms with Crippen LogP contribution >= 0.6 is 11.6 Å². The van der Waals surface area contributed by atoms with Crippen molar-refractivity contribution in [2.45, 2.75) is 63.6 Å². The Labute approximate surface area is 155 Å². The number of benzene rings is 1. The van der Waals surface area contributed by atoms with Gasteiger partial charge in [-0.3, -0.25) is 14.4 Å². The van der Waals surface area contributed by atoms with Gasteiger partial charge >= 0.3 is 5.97 Å². The van der Waals surface area contributed by atoms with Gasteiger partial charge in [-0.05, 0) is 55.9 Å². The van der Waals surface area contributed by atoms with Crippen LogP contribution in [0, 0.1) is 0 Å². The minimum Gasteiger partial charge on any atom is -0.459 e. The molecule has 4 rings (SSSR count). The van der Waals surface area contributed by atoms with Gasteiger partial charge in [0.2, 0.25) is 0 Å². The molecule has 0 fully saturated rings. The van der Waals surface area contributed by atoms with E-state index < -0.39 is 16.9 Å². The first kappa shape index (κ1) is 17.3. The van der Waals surface area contributed by atoms with Crippen LogP contribution < -0.4 is 11.1 Å². The Balaban J connectivity index is 1.94. The molecular weight excluding hydrogens is 356 g/mol. The van der Waals surface area contributed by atoms with Gasteiger partial charge in [-0.1, -0.05) is 0 Å². The molecule has 26 heavy (non-hydrogen) atoms.